The highest BCUT2D eigenvalue weighted by Crippen LogP contribution is 2.29. The Morgan fingerprint density at radius 1 is 1.18 bits per heavy atom. The second-order valence-electron chi connectivity index (χ2n) is 4.00. The van der Waals surface area contributed by atoms with Crippen molar-refractivity contribution in [2.45, 2.75) is 8.68 Å². The second kappa shape index (κ2) is 8.16. The lowest BCUT2D eigenvalue weighted by atomic mass is 10.1. The molecule has 116 valence electrons. The van der Waals surface area contributed by atoms with Crippen molar-refractivity contribution in [3.8, 4) is 5.75 Å². The minimum atomic E-state index is -0.402. The third kappa shape index (κ3) is 4.72. The molecule has 9 heteroatoms. The summed E-state index contributed by atoms with van der Waals surface area (Å²) in [6, 6.07) is 7.09. The number of methoxy groups -OCH3 is 1. The van der Waals surface area contributed by atoms with Gasteiger partial charge in [-0.25, -0.2) is 0 Å². The van der Waals surface area contributed by atoms with Gasteiger partial charge in [0, 0.05) is 0 Å². The summed E-state index contributed by atoms with van der Waals surface area (Å²) < 4.78 is 6.51. The van der Waals surface area contributed by atoms with E-state index in [9.17, 15) is 9.59 Å². The quantitative estimate of drug-likeness (QED) is 0.572. The summed E-state index contributed by atoms with van der Waals surface area (Å²) in [5.74, 6) is 0.530. The van der Waals surface area contributed by atoms with Crippen molar-refractivity contribution in [2.24, 2.45) is 5.73 Å². The first-order valence-corrected chi connectivity index (χ1v) is 8.92. The lowest BCUT2D eigenvalue weighted by molar-refractivity contribution is -0.115. The van der Waals surface area contributed by atoms with Crippen LogP contribution in [0.5, 0.6) is 5.75 Å². The zero-order valence-electron chi connectivity index (χ0n) is 11.6. The van der Waals surface area contributed by atoms with Crippen molar-refractivity contribution in [3.05, 3.63) is 29.8 Å². The molecule has 6 nitrogen and oxygen atoms in total. The third-order valence-electron chi connectivity index (χ3n) is 2.46. The molecule has 0 saturated heterocycles. The first kappa shape index (κ1) is 16.8. The normalized spacial score (nSPS) is 10.4. The Morgan fingerprint density at radius 3 is 2.45 bits per heavy atom. The Kier molecular flexibility index (Phi) is 6.22. The number of para-hydroxylation sites is 1. The van der Waals surface area contributed by atoms with Crippen LogP contribution in [0.3, 0.4) is 0 Å². The fraction of sp³-hybridized carbons (Fsp3) is 0.231. The van der Waals surface area contributed by atoms with Gasteiger partial charge in [0.05, 0.1) is 24.2 Å². The van der Waals surface area contributed by atoms with Gasteiger partial charge in [0.1, 0.15) is 5.75 Å². The van der Waals surface area contributed by atoms with E-state index in [1.54, 1.807) is 18.2 Å². The van der Waals surface area contributed by atoms with Crippen molar-refractivity contribution in [3.63, 3.8) is 0 Å². The van der Waals surface area contributed by atoms with Crippen molar-refractivity contribution in [1.29, 1.82) is 0 Å². The van der Waals surface area contributed by atoms with Crippen molar-refractivity contribution < 1.29 is 14.3 Å². The van der Waals surface area contributed by atoms with E-state index < -0.39 is 5.91 Å². The number of carbonyl (C=O) groups is 2. The highest BCUT2D eigenvalue weighted by molar-refractivity contribution is 8.03. The molecule has 2 N–H and O–H groups in total. The van der Waals surface area contributed by atoms with Crippen LogP contribution in [-0.2, 0) is 4.79 Å². The minimum Gasteiger partial charge on any atom is -0.496 e. The number of carbonyl (C=O) groups excluding carboxylic acids is 2. The maximum absolute atomic E-state index is 12.2. The first-order valence-electron chi connectivity index (χ1n) is 6.13. The van der Waals surface area contributed by atoms with E-state index in [-0.39, 0.29) is 17.3 Å². The lowest BCUT2D eigenvalue weighted by Crippen LogP contribution is -2.12. The monoisotopic (exact) mass is 355 g/mol. The van der Waals surface area contributed by atoms with Crippen LogP contribution in [-0.4, -0.2) is 40.5 Å². The molecule has 0 atom stereocenters. The van der Waals surface area contributed by atoms with Crippen LogP contribution >= 0.6 is 34.9 Å². The largest absolute Gasteiger partial charge is 0.496 e. The summed E-state index contributed by atoms with van der Waals surface area (Å²) in [7, 11) is 1.53. The number of primary amides is 1. The second-order valence-corrected chi connectivity index (χ2v) is 7.42. The van der Waals surface area contributed by atoms with Crippen LogP contribution in [0.25, 0.3) is 0 Å². The Morgan fingerprint density at radius 2 is 1.82 bits per heavy atom. The van der Waals surface area contributed by atoms with Gasteiger partial charge in [0.15, 0.2) is 14.5 Å². The predicted molar refractivity (Wildman–Crippen MR) is 87.9 cm³/mol. The topological polar surface area (TPSA) is 95.2 Å². The molecule has 0 fully saturated rings. The van der Waals surface area contributed by atoms with Gasteiger partial charge in [0.2, 0.25) is 5.91 Å². The maximum Gasteiger partial charge on any atom is 0.227 e. The zero-order chi connectivity index (χ0) is 15.9. The number of ether oxygens (including phenoxy) is 1. The van der Waals surface area contributed by atoms with Gasteiger partial charge in [-0.2, -0.15) is 0 Å². The molecule has 2 rings (SSSR count). The molecule has 0 saturated carbocycles. The summed E-state index contributed by atoms with van der Waals surface area (Å²) in [5.41, 5.74) is 5.62. The number of benzene rings is 1. The molecule has 0 spiro atoms. The fourth-order valence-corrected chi connectivity index (χ4v) is 4.17. The van der Waals surface area contributed by atoms with Gasteiger partial charge in [-0.15, -0.1) is 10.2 Å². The highest BCUT2D eigenvalue weighted by Gasteiger charge is 2.14. The van der Waals surface area contributed by atoms with E-state index in [0.717, 1.165) is 0 Å². The summed E-state index contributed by atoms with van der Waals surface area (Å²) >= 11 is 3.88. The predicted octanol–water partition coefficient (Wildman–Crippen LogP) is 2.10. The molecule has 0 aliphatic rings. The SMILES string of the molecule is COc1ccccc1C(=O)CSc1nnc(SCC(N)=O)s1. The standard InChI is InChI=1S/C13H13N3O3S3/c1-19-10-5-3-2-4-8(10)9(17)6-20-12-15-16-13(22-12)21-7-11(14)18/h2-5H,6-7H2,1H3,(H2,14,18). The number of hydrogen-bond donors (Lipinski definition) is 1. The first-order chi connectivity index (χ1) is 10.6. The van der Waals surface area contributed by atoms with E-state index in [2.05, 4.69) is 10.2 Å². The highest BCUT2D eigenvalue weighted by atomic mass is 32.2. The number of nitrogens with zero attached hydrogens (tertiary/aromatic N) is 2. The number of Topliss-reactive ketones (excluding diaryl/α,β-unsaturated/α-hetero) is 1. The number of nitrogens with two attached hydrogens (primary N) is 1. The van der Waals surface area contributed by atoms with Gasteiger partial charge >= 0.3 is 0 Å². The number of rotatable bonds is 8. The summed E-state index contributed by atoms with van der Waals surface area (Å²) in [6.45, 7) is 0. The minimum absolute atomic E-state index is 0.0380. The van der Waals surface area contributed by atoms with Crippen molar-refractivity contribution in [1.82, 2.24) is 10.2 Å². The van der Waals surface area contributed by atoms with Gasteiger partial charge in [-0.05, 0) is 12.1 Å². The van der Waals surface area contributed by atoms with Crippen LogP contribution in [0.4, 0.5) is 0 Å². The lowest BCUT2D eigenvalue weighted by Gasteiger charge is -2.05. The molecule has 0 aliphatic heterocycles. The molecule has 1 amide bonds. The third-order valence-corrected chi connectivity index (χ3v) is 5.67. The van der Waals surface area contributed by atoms with E-state index in [0.29, 0.717) is 20.0 Å². The van der Waals surface area contributed by atoms with Crippen LogP contribution in [0, 0.1) is 0 Å². The molecule has 0 unspecified atom stereocenters. The number of thioether (sulfide) groups is 2. The van der Waals surface area contributed by atoms with E-state index in [1.807, 2.05) is 6.07 Å². The van der Waals surface area contributed by atoms with E-state index >= 15 is 0 Å². The molecule has 1 heterocycles. The molecule has 2 aromatic rings. The summed E-state index contributed by atoms with van der Waals surface area (Å²) in [5, 5.41) is 7.92. The van der Waals surface area contributed by atoms with Gasteiger partial charge in [0.25, 0.3) is 0 Å². The van der Waals surface area contributed by atoms with Gasteiger partial charge in [-0.1, -0.05) is 47.0 Å². The van der Waals surface area contributed by atoms with Gasteiger partial charge < -0.3 is 10.5 Å². The molecule has 0 bridgehead atoms. The van der Waals surface area contributed by atoms with Crippen LogP contribution in [0.1, 0.15) is 10.4 Å². The zero-order valence-corrected chi connectivity index (χ0v) is 14.1. The molecule has 1 aromatic heterocycles. The average molecular weight is 355 g/mol. The molecule has 0 aliphatic carbocycles. The van der Waals surface area contributed by atoms with Crippen LogP contribution in [0.15, 0.2) is 32.9 Å². The Bertz CT molecular complexity index is 675. The maximum atomic E-state index is 12.2. The summed E-state index contributed by atoms with van der Waals surface area (Å²) in [6.07, 6.45) is 0. The number of aromatic nitrogens is 2. The average Bonchev–Trinajstić information content (AvgIpc) is 2.98. The van der Waals surface area contributed by atoms with Crippen LogP contribution in [0.2, 0.25) is 0 Å². The number of ketones is 1. The Balaban J connectivity index is 1.92. The Hall–Kier alpha value is -1.58. The van der Waals surface area contributed by atoms with Gasteiger partial charge in [-0.3, -0.25) is 9.59 Å². The van der Waals surface area contributed by atoms with E-state index in [4.69, 9.17) is 10.5 Å². The molecular formula is C13H13N3O3S3. The van der Waals surface area contributed by atoms with E-state index in [1.165, 1.54) is 42.0 Å². The summed E-state index contributed by atoms with van der Waals surface area (Å²) in [4.78, 5) is 22.9. The van der Waals surface area contributed by atoms with Crippen molar-refractivity contribution in [2.75, 3.05) is 18.6 Å². The smallest absolute Gasteiger partial charge is 0.227 e. The Labute approximate surface area is 139 Å². The van der Waals surface area contributed by atoms with Crippen LogP contribution < -0.4 is 10.5 Å². The van der Waals surface area contributed by atoms with Crippen molar-refractivity contribution >= 4 is 46.6 Å². The fourth-order valence-electron chi connectivity index (χ4n) is 1.53. The number of amides is 1. The molecule has 0 radical (unpaired) electrons. The molecule has 1 aromatic carbocycles. The molecule has 22 heavy (non-hydrogen) atoms. The molecular weight excluding hydrogens is 342 g/mol. The number of hydrogen-bond acceptors (Lipinski definition) is 8.